The maximum Gasteiger partial charge on any atom is 0.195 e. The molecule has 0 atom stereocenters. The Morgan fingerprint density at radius 1 is 1.20 bits per heavy atom. The third-order valence-electron chi connectivity index (χ3n) is 3.69. The summed E-state index contributed by atoms with van der Waals surface area (Å²) in [4.78, 5) is 0. The summed E-state index contributed by atoms with van der Waals surface area (Å²) in [5.74, 6) is 1.07. The van der Waals surface area contributed by atoms with Crippen LogP contribution >= 0.6 is 12.2 Å². The maximum absolute atomic E-state index is 5.41. The van der Waals surface area contributed by atoms with Gasteiger partial charge in [-0.15, -0.1) is 0 Å². The first-order valence-electron chi connectivity index (χ1n) is 7.25. The molecule has 2 aromatic rings. The second-order valence-electron chi connectivity index (χ2n) is 5.83. The molecule has 1 N–H and O–H groups in total. The summed E-state index contributed by atoms with van der Waals surface area (Å²) in [6.45, 7) is 6.64. The molecular weight excluding hydrogens is 266 g/mol. The number of hydrogen-bond acceptors (Lipinski definition) is 2. The lowest BCUT2D eigenvalue weighted by Crippen LogP contribution is -2.29. The fourth-order valence-corrected chi connectivity index (χ4v) is 2.95. The molecule has 0 radical (unpaired) electrons. The van der Waals surface area contributed by atoms with Gasteiger partial charge in [0.1, 0.15) is 5.82 Å². The molecule has 0 saturated heterocycles. The molecule has 0 bridgehead atoms. The van der Waals surface area contributed by atoms with E-state index in [4.69, 9.17) is 12.2 Å². The van der Waals surface area contributed by atoms with Gasteiger partial charge in [0.25, 0.3) is 0 Å². The predicted octanol–water partition coefficient (Wildman–Crippen LogP) is 4.26. The highest BCUT2D eigenvalue weighted by Gasteiger charge is 2.24. The molecular formula is C16H23N3S. The van der Waals surface area contributed by atoms with Crippen LogP contribution in [0.25, 0.3) is 0 Å². The summed E-state index contributed by atoms with van der Waals surface area (Å²) in [6, 6.07) is 10.6. The van der Waals surface area contributed by atoms with E-state index in [9.17, 15) is 0 Å². The van der Waals surface area contributed by atoms with E-state index >= 15 is 0 Å². The van der Waals surface area contributed by atoms with E-state index < -0.39 is 0 Å². The number of nitrogens with one attached hydrogen (secondary N) is 1. The number of rotatable bonds is 6. The van der Waals surface area contributed by atoms with Crippen LogP contribution in [0.2, 0.25) is 0 Å². The van der Waals surface area contributed by atoms with E-state index in [1.54, 1.807) is 0 Å². The minimum Gasteiger partial charge on any atom is -0.298 e. The van der Waals surface area contributed by atoms with Gasteiger partial charge in [-0.25, -0.2) is 0 Å². The Bertz CT molecular complexity index is 596. The third kappa shape index (κ3) is 3.37. The molecule has 108 valence electrons. The molecule has 0 saturated carbocycles. The number of nitrogens with zero attached hydrogens (tertiary/aromatic N) is 2. The lowest BCUT2D eigenvalue weighted by atomic mass is 9.94. The molecule has 0 unspecified atom stereocenters. The summed E-state index contributed by atoms with van der Waals surface area (Å²) in [7, 11) is 0. The molecule has 1 heterocycles. The second-order valence-corrected chi connectivity index (χ2v) is 6.22. The molecule has 0 aliphatic carbocycles. The molecule has 2 rings (SSSR count). The van der Waals surface area contributed by atoms with Gasteiger partial charge in [-0.05, 0) is 50.9 Å². The fourth-order valence-electron chi connectivity index (χ4n) is 2.55. The normalized spacial score (nSPS) is 11.8. The van der Waals surface area contributed by atoms with Crippen molar-refractivity contribution in [2.75, 3.05) is 0 Å². The molecule has 4 heteroatoms. The highest BCUT2D eigenvalue weighted by molar-refractivity contribution is 7.71. The van der Waals surface area contributed by atoms with Gasteiger partial charge in [-0.3, -0.25) is 9.67 Å². The molecule has 0 amide bonds. The van der Waals surface area contributed by atoms with Gasteiger partial charge in [0, 0.05) is 12.0 Å². The van der Waals surface area contributed by atoms with Gasteiger partial charge in [0.05, 0.1) is 0 Å². The minimum absolute atomic E-state index is 0.0234. The average Bonchev–Trinajstić information content (AvgIpc) is 2.80. The topological polar surface area (TPSA) is 33.6 Å². The molecule has 0 aliphatic rings. The predicted molar refractivity (Wildman–Crippen MR) is 85.5 cm³/mol. The first kappa shape index (κ1) is 15.0. The zero-order chi connectivity index (χ0) is 14.6. The molecule has 3 nitrogen and oxygen atoms in total. The lowest BCUT2D eigenvalue weighted by Gasteiger charge is -2.28. The van der Waals surface area contributed by atoms with Gasteiger partial charge in [0.2, 0.25) is 0 Å². The van der Waals surface area contributed by atoms with Crippen LogP contribution in [0, 0.1) is 4.77 Å². The van der Waals surface area contributed by atoms with Crippen molar-refractivity contribution < 1.29 is 0 Å². The SMILES string of the molecule is CCCc1n[nH]c(=S)n1C(C)(C)CCc1ccccc1. The zero-order valence-electron chi connectivity index (χ0n) is 12.5. The Morgan fingerprint density at radius 2 is 1.90 bits per heavy atom. The van der Waals surface area contributed by atoms with Gasteiger partial charge in [-0.2, -0.15) is 5.10 Å². The second kappa shape index (κ2) is 6.35. The minimum atomic E-state index is -0.0234. The first-order valence-corrected chi connectivity index (χ1v) is 7.66. The van der Waals surface area contributed by atoms with Crippen molar-refractivity contribution in [3.8, 4) is 0 Å². The smallest absolute Gasteiger partial charge is 0.195 e. The summed E-state index contributed by atoms with van der Waals surface area (Å²) < 4.78 is 2.92. The number of aromatic amines is 1. The van der Waals surface area contributed by atoms with Crippen molar-refractivity contribution in [1.82, 2.24) is 14.8 Å². The Balaban J connectivity index is 2.17. The van der Waals surface area contributed by atoms with E-state index in [0.29, 0.717) is 0 Å². The van der Waals surface area contributed by atoms with Crippen molar-refractivity contribution in [3.63, 3.8) is 0 Å². The Kier molecular flexibility index (Phi) is 4.76. The molecule has 0 spiro atoms. The van der Waals surface area contributed by atoms with Crippen molar-refractivity contribution in [1.29, 1.82) is 0 Å². The molecule has 1 aromatic carbocycles. The quantitative estimate of drug-likeness (QED) is 0.806. The number of H-pyrrole nitrogens is 1. The van der Waals surface area contributed by atoms with Gasteiger partial charge in [-0.1, -0.05) is 37.3 Å². The third-order valence-corrected chi connectivity index (χ3v) is 3.96. The number of hydrogen-bond donors (Lipinski definition) is 1. The van der Waals surface area contributed by atoms with E-state index in [0.717, 1.165) is 36.3 Å². The van der Waals surface area contributed by atoms with Gasteiger partial charge >= 0.3 is 0 Å². The van der Waals surface area contributed by atoms with Crippen LogP contribution in [0.1, 0.15) is 45.0 Å². The molecule has 20 heavy (non-hydrogen) atoms. The lowest BCUT2D eigenvalue weighted by molar-refractivity contribution is 0.313. The number of aryl methyl sites for hydroxylation is 2. The Hall–Kier alpha value is -1.42. The molecule has 0 aliphatic heterocycles. The van der Waals surface area contributed by atoms with Crippen molar-refractivity contribution >= 4 is 12.2 Å². The molecule has 1 aromatic heterocycles. The van der Waals surface area contributed by atoms with Crippen LogP contribution in [-0.2, 0) is 18.4 Å². The van der Waals surface area contributed by atoms with Crippen LogP contribution in [0.4, 0.5) is 0 Å². The number of aromatic nitrogens is 3. The standard InChI is InChI=1S/C16H23N3S/c1-4-8-14-17-18-15(20)19(14)16(2,3)12-11-13-9-6-5-7-10-13/h5-7,9-10H,4,8,11-12H2,1-3H3,(H,18,20). The van der Waals surface area contributed by atoms with Crippen molar-refractivity contribution in [2.45, 2.75) is 52.0 Å². The van der Waals surface area contributed by atoms with Crippen molar-refractivity contribution in [2.24, 2.45) is 0 Å². The van der Waals surface area contributed by atoms with Gasteiger partial charge < -0.3 is 0 Å². The zero-order valence-corrected chi connectivity index (χ0v) is 13.3. The van der Waals surface area contributed by atoms with Crippen LogP contribution in [0.15, 0.2) is 30.3 Å². The van der Waals surface area contributed by atoms with E-state index in [1.165, 1.54) is 5.56 Å². The fraction of sp³-hybridized carbons (Fsp3) is 0.500. The van der Waals surface area contributed by atoms with Crippen LogP contribution in [0.3, 0.4) is 0 Å². The highest BCUT2D eigenvalue weighted by Crippen LogP contribution is 2.24. The highest BCUT2D eigenvalue weighted by atomic mass is 32.1. The largest absolute Gasteiger partial charge is 0.298 e. The summed E-state index contributed by atoms with van der Waals surface area (Å²) in [6.07, 6.45) is 4.13. The van der Waals surface area contributed by atoms with E-state index in [-0.39, 0.29) is 5.54 Å². The Morgan fingerprint density at radius 3 is 2.55 bits per heavy atom. The summed E-state index contributed by atoms with van der Waals surface area (Å²) in [5, 5.41) is 7.31. The summed E-state index contributed by atoms with van der Waals surface area (Å²) >= 11 is 5.41. The molecule has 0 fully saturated rings. The average molecular weight is 289 g/mol. The maximum atomic E-state index is 5.41. The summed E-state index contributed by atoms with van der Waals surface area (Å²) in [5.41, 5.74) is 1.34. The van der Waals surface area contributed by atoms with Crippen LogP contribution in [0.5, 0.6) is 0 Å². The van der Waals surface area contributed by atoms with Gasteiger partial charge in [0.15, 0.2) is 4.77 Å². The Labute approximate surface area is 126 Å². The monoisotopic (exact) mass is 289 g/mol. The van der Waals surface area contributed by atoms with Crippen LogP contribution in [-0.4, -0.2) is 14.8 Å². The number of benzene rings is 1. The first-order chi connectivity index (χ1) is 9.54. The van der Waals surface area contributed by atoms with Crippen LogP contribution < -0.4 is 0 Å². The van der Waals surface area contributed by atoms with E-state index in [2.05, 4.69) is 65.9 Å². The van der Waals surface area contributed by atoms with E-state index in [1.807, 2.05) is 0 Å². The van der Waals surface area contributed by atoms with Crippen molar-refractivity contribution in [3.05, 3.63) is 46.5 Å².